The van der Waals surface area contributed by atoms with Crippen LogP contribution in [0.3, 0.4) is 0 Å². The largest absolute Gasteiger partial charge is 0.390 e. The van der Waals surface area contributed by atoms with E-state index in [2.05, 4.69) is 10.2 Å². The third-order valence-electron chi connectivity index (χ3n) is 2.03. The van der Waals surface area contributed by atoms with Crippen LogP contribution in [0.1, 0.15) is 5.69 Å². The molecule has 0 aliphatic heterocycles. The zero-order chi connectivity index (χ0) is 9.97. The minimum Gasteiger partial charge on any atom is -0.390 e. The molecule has 72 valence electrons. The number of aliphatic hydroxyl groups is 1. The minimum absolute atomic E-state index is 0.0437. The van der Waals surface area contributed by atoms with Gasteiger partial charge >= 0.3 is 0 Å². The maximum absolute atomic E-state index is 9.03. The minimum atomic E-state index is -0.0437. The van der Waals surface area contributed by atoms with Gasteiger partial charge in [-0.1, -0.05) is 23.7 Å². The van der Waals surface area contributed by atoms with Gasteiger partial charge in [-0.2, -0.15) is 5.10 Å². The Hall–Kier alpha value is -1.32. The molecule has 0 saturated heterocycles. The van der Waals surface area contributed by atoms with E-state index in [-0.39, 0.29) is 6.61 Å². The number of aliphatic hydroxyl groups excluding tert-OH is 1. The molecule has 0 aliphatic carbocycles. The molecule has 0 amide bonds. The third kappa shape index (κ3) is 1.64. The lowest BCUT2D eigenvalue weighted by Gasteiger charge is -2.00. The summed E-state index contributed by atoms with van der Waals surface area (Å²) in [5.41, 5.74) is 2.61. The molecule has 0 radical (unpaired) electrons. The number of nitrogens with zero attached hydrogens (tertiary/aromatic N) is 1. The van der Waals surface area contributed by atoms with Crippen LogP contribution in [0.25, 0.3) is 11.1 Å². The molecule has 4 heteroatoms. The number of halogens is 1. The first-order chi connectivity index (χ1) is 6.81. The van der Waals surface area contributed by atoms with Crippen molar-refractivity contribution in [3.05, 3.63) is 41.2 Å². The summed E-state index contributed by atoms with van der Waals surface area (Å²) in [6.07, 6.45) is 1.69. The monoisotopic (exact) mass is 208 g/mol. The summed E-state index contributed by atoms with van der Waals surface area (Å²) >= 11 is 5.77. The molecule has 0 spiro atoms. The number of rotatable bonds is 2. The third-order valence-corrected chi connectivity index (χ3v) is 2.28. The van der Waals surface area contributed by atoms with Gasteiger partial charge in [-0.3, -0.25) is 5.10 Å². The van der Waals surface area contributed by atoms with E-state index in [1.54, 1.807) is 6.20 Å². The van der Waals surface area contributed by atoms with Crippen molar-refractivity contribution < 1.29 is 5.11 Å². The van der Waals surface area contributed by atoms with Crippen molar-refractivity contribution in [2.45, 2.75) is 6.61 Å². The number of benzene rings is 1. The van der Waals surface area contributed by atoms with Gasteiger partial charge in [0.25, 0.3) is 0 Å². The van der Waals surface area contributed by atoms with Gasteiger partial charge in [0.05, 0.1) is 18.5 Å². The molecule has 2 rings (SSSR count). The maximum atomic E-state index is 9.03. The Morgan fingerprint density at radius 2 is 2.00 bits per heavy atom. The highest BCUT2D eigenvalue weighted by Crippen LogP contribution is 2.23. The Balaban J connectivity index is 2.44. The lowest BCUT2D eigenvalue weighted by atomic mass is 10.1. The highest BCUT2D eigenvalue weighted by Gasteiger charge is 2.05. The molecule has 0 unspecified atom stereocenters. The van der Waals surface area contributed by atoms with Gasteiger partial charge in [-0.25, -0.2) is 0 Å². The number of hydrogen-bond acceptors (Lipinski definition) is 2. The lowest BCUT2D eigenvalue weighted by molar-refractivity contribution is 0.277. The summed E-state index contributed by atoms with van der Waals surface area (Å²) in [6.45, 7) is -0.0437. The fourth-order valence-corrected chi connectivity index (χ4v) is 1.44. The maximum Gasteiger partial charge on any atom is 0.0853 e. The summed E-state index contributed by atoms with van der Waals surface area (Å²) in [4.78, 5) is 0. The van der Waals surface area contributed by atoms with E-state index in [0.717, 1.165) is 11.1 Å². The van der Waals surface area contributed by atoms with Crippen molar-refractivity contribution in [3.8, 4) is 11.1 Å². The zero-order valence-electron chi connectivity index (χ0n) is 7.37. The first-order valence-electron chi connectivity index (χ1n) is 4.20. The van der Waals surface area contributed by atoms with E-state index in [4.69, 9.17) is 16.7 Å². The highest BCUT2D eigenvalue weighted by atomic mass is 35.5. The molecule has 1 aromatic heterocycles. The Bertz CT molecular complexity index is 422. The van der Waals surface area contributed by atoms with E-state index >= 15 is 0 Å². The van der Waals surface area contributed by atoms with Gasteiger partial charge < -0.3 is 5.11 Å². The van der Waals surface area contributed by atoms with Crippen LogP contribution in [0.15, 0.2) is 30.5 Å². The van der Waals surface area contributed by atoms with Crippen LogP contribution < -0.4 is 0 Å². The van der Waals surface area contributed by atoms with Gasteiger partial charge in [0.1, 0.15) is 0 Å². The number of nitrogens with one attached hydrogen (secondary N) is 1. The van der Waals surface area contributed by atoms with Gasteiger partial charge in [-0.15, -0.1) is 0 Å². The Morgan fingerprint density at radius 3 is 2.64 bits per heavy atom. The first-order valence-corrected chi connectivity index (χ1v) is 4.58. The van der Waals surface area contributed by atoms with Crippen LogP contribution in [-0.2, 0) is 6.61 Å². The van der Waals surface area contributed by atoms with Crippen molar-refractivity contribution in [2.24, 2.45) is 0 Å². The van der Waals surface area contributed by atoms with Crippen molar-refractivity contribution in [3.63, 3.8) is 0 Å². The van der Waals surface area contributed by atoms with Crippen molar-refractivity contribution >= 4 is 11.6 Å². The average Bonchev–Trinajstić information content (AvgIpc) is 2.67. The fraction of sp³-hybridized carbons (Fsp3) is 0.100. The van der Waals surface area contributed by atoms with Crippen molar-refractivity contribution in [2.75, 3.05) is 0 Å². The number of aromatic nitrogens is 2. The summed E-state index contributed by atoms with van der Waals surface area (Å²) in [5, 5.41) is 16.3. The lowest BCUT2D eigenvalue weighted by Crippen LogP contribution is -1.86. The normalized spacial score (nSPS) is 10.4. The van der Waals surface area contributed by atoms with Crippen LogP contribution in [0, 0.1) is 0 Å². The van der Waals surface area contributed by atoms with Crippen molar-refractivity contribution in [1.82, 2.24) is 10.2 Å². The standard InChI is InChI=1S/C10H9ClN2O/c11-8-3-1-7(2-4-8)9-5-12-13-10(9)6-14/h1-5,14H,6H2,(H,12,13). The van der Waals surface area contributed by atoms with Gasteiger partial charge in [-0.05, 0) is 17.7 Å². The molecule has 0 aliphatic rings. The molecular weight excluding hydrogens is 200 g/mol. The summed E-state index contributed by atoms with van der Waals surface area (Å²) in [7, 11) is 0. The van der Waals surface area contributed by atoms with E-state index in [9.17, 15) is 0 Å². The van der Waals surface area contributed by atoms with Crippen LogP contribution in [0.4, 0.5) is 0 Å². The molecule has 0 atom stereocenters. The topological polar surface area (TPSA) is 48.9 Å². The van der Waals surface area contributed by atoms with Crippen LogP contribution >= 0.6 is 11.6 Å². The second kappa shape index (κ2) is 3.82. The van der Waals surface area contributed by atoms with E-state index in [1.807, 2.05) is 24.3 Å². The molecule has 0 saturated carbocycles. The number of H-pyrrole nitrogens is 1. The fourth-order valence-electron chi connectivity index (χ4n) is 1.31. The first kappa shape index (κ1) is 9.24. The molecule has 0 bridgehead atoms. The highest BCUT2D eigenvalue weighted by molar-refractivity contribution is 6.30. The SMILES string of the molecule is OCc1[nH]ncc1-c1ccc(Cl)cc1. The summed E-state index contributed by atoms with van der Waals surface area (Å²) in [6, 6.07) is 7.41. The van der Waals surface area contributed by atoms with Gasteiger partial charge in [0, 0.05) is 10.6 Å². The zero-order valence-corrected chi connectivity index (χ0v) is 8.12. The van der Waals surface area contributed by atoms with Crippen LogP contribution in [0.2, 0.25) is 5.02 Å². The Labute approximate surface area is 86.3 Å². The quantitative estimate of drug-likeness (QED) is 0.795. The molecule has 14 heavy (non-hydrogen) atoms. The molecule has 2 aromatic rings. The number of aromatic amines is 1. The van der Waals surface area contributed by atoms with E-state index in [0.29, 0.717) is 10.7 Å². The van der Waals surface area contributed by atoms with E-state index in [1.165, 1.54) is 0 Å². The smallest absolute Gasteiger partial charge is 0.0853 e. The molecule has 1 aromatic carbocycles. The number of hydrogen-bond donors (Lipinski definition) is 2. The molecule has 1 heterocycles. The molecule has 2 N–H and O–H groups in total. The van der Waals surface area contributed by atoms with Gasteiger partial charge in [0.15, 0.2) is 0 Å². The second-order valence-electron chi connectivity index (χ2n) is 2.93. The molecule has 0 fully saturated rings. The van der Waals surface area contributed by atoms with E-state index < -0.39 is 0 Å². The predicted molar refractivity (Wildman–Crippen MR) is 55.0 cm³/mol. The van der Waals surface area contributed by atoms with Crippen LogP contribution in [0.5, 0.6) is 0 Å². The predicted octanol–water partition coefficient (Wildman–Crippen LogP) is 2.22. The molecular formula is C10H9ClN2O. The van der Waals surface area contributed by atoms with Crippen LogP contribution in [-0.4, -0.2) is 15.3 Å². The Kier molecular flexibility index (Phi) is 2.52. The Morgan fingerprint density at radius 1 is 1.29 bits per heavy atom. The van der Waals surface area contributed by atoms with Crippen molar-refractivity contribution in [1.29, 1.82) is 0 Å². The average molecular weight is 209 g/mol. The molecule has 3 nitrogen and oxygen atoms in total. The summed E-state index contributed by atoms with van der Waals surface area (Å²) < 4.78 is 0. The summed E-state index contributed by atoms with van der Waals surface area (Å²) in [5.74, 6) is 0. The van der Waals surface area contributed by atoms with Gasteiger partial charge in [0.2, 0.25) is 0 Å². The second-order valence-corrected chi connectivity index (χ2v) is 3.36.